The normalized spacial score (nSPS) is 12.3. The number of nitrogens with one attached hydrogen (secondary N) is 2. The minimum absolute atomic E-state index is 0. The summed E-state index contributed by atoms with van der Waals surface area (Å²) in [5.74, 6) is -2.86. The van der Waals surface area contributed by atoms with Gasteiger partial charge in [0.1, 0.15) is 0 Å². The van der Waals surface area contributed by atoms with Crippen molar-refractivity contribution >= 4 is 17.8 Å². The fourth-order valence-corrected chi connectivity index (χ4v) is 2.07. The Morgan fingerprint density at radius 2 is 1.61 bits per heavy atom. The second kappa shape index (κ2) is 16.3. The first-order valence-corrected chi connectivity index (χ1v) is 8.04. The number of nitrogens with zero attached hydrogens (tertiary/aromatic N) is 1. The van der Waals surface area contributed by atoms with Gasteiger partial charge in [-0.05, 0) is 6.42 Å². The zero-order valence-electron chi connectivity index (χ0n) is 17.5. The van der Waals surface area contributed by atoms with Crippen LogP contribution in [0.5, 0.6) is 0 Å². The van der Waals surface area contributed by atoms with E-state index in [1.807, 2.05) is 0 Å². The Morgan fingerprint density at radius 1 is 1.09 bits per heavy atom. The summed E-state index contributed by atoms with van der Waals surface area (Å²) in [7, 11) is 0. The van der Waals surface area contributed by atoms with Gasteiger partial charge in [-0.1, -0.05) is 58.3 Å². The number of carboxylic acid groups (broad SMARTS) is 1. The smallest absolute Gasteiger partial charge is 0.548 e. The quantitative estimate of drug-likeness (QED) is 0.199. The summed E-state index contributed by atoms with van der Waals surface area (Å²) >= 11 is 0. The fraction of sp³-hybridized carbons (Fsp3) is 0.812. The number of carbonyl (C=O) groups excluding carboxylic acids is 2. The second-order valence-electron chi connectivity index (χ2n) is 5.43. The molecule has 2 N–H and O–H groups in total. The third kappa shape index (κ3) is 16.1. The SMILES string of the molecule is [2H]C([2H])([2H])N(CC(=O)[O-])C(=N)NC(=O)CCCCCCCCCCC.[Na+]. The molecule has 0 aromatic carbocycles. The summed E-state index contributed by atoms with van der Waals surface area (Å²) in [5, 5.41) is 20.3. The van der Waals surface area contributed by atoms with Crippen molar-refractivity contribution in [3.05, 3.63) is 0 Å². The van der Waals surface area contributed by atoms with Gasteiger partial charge in [0.05, 0.1) is 12.5 Å². The van der Waals surface area contributed by atoms with Gasteiger partial charge in [-0.2, -0.15) is 0 Å². The van der Waals surface area contributed by atoms with Gasteiger partial charge in [-0.15, -0.1) is 0 Å². The summed E-state index contributed by atoms with van der Waals surface area (Å²) in [6.45, 7) is -1.63. The number of amides is 1. The van der Waals surface area contributed by atoms with Gasteiger partial charge < -0.3 is 14.8 Å². The molecule has 0 heterocycles. The van der Waals surface area contributed by atoms with Crippen LogP contribution in [0.4, 0.5) is 0 Å². The third-order valence-corrected chi connectivity index (χ3v) is 3.32. The van der Waals surface area contributed by atoms with E-state index in [9.17, 15) is 14.7 Å². The molecule has 1 amide bonds. The van der Waals surface area contributed by atoms with Crippen LogP contribution in [-0.4, -0.2) is 36.3 Å². The van der Waals surface area contributed by atoms with Gasteiger partial charge in [0.25, 0.3) is 0 Å². The first-order chi connectivity index (χ1) is 11.7. The number of unbranched alkanes of at least 4 members (excludes halogenated alkanes) is 8. The predicted octanol–water partition coefficient (Wildman–Crippen LogP) is -1.36. The number of carboxylic acids is 1. The van der Waals surface area contributed by atoms with Crippen LogP contribution in [-0.2, 0) is 9.59 Å². The maximum atomic E-state index is 11.8. The van der Waals surface area contributed by atoms with E-state index in [2.05, 4.69) is 12.2 Å². The van der Waals surface area contributed by atoms with E-state index in [1.54, 1.807) is 0 Å². The Kier molecular flexibility index (Phi) is 13.3. The monoisotopic (exact) mass is 338 g/mol. The van der Waals surface area contributed by atoms with E-state index >= 15 is 0 Å². The summed E-state index contributed by atoms with van der Waals surface area (Å²) < 4.78 is 21.6. The molecule has 0 atom stereocenters. The van der Waals surface area contributed by atoms with Crippen LogP contribution in [0.3, 0.4) is 0 Å². The standard InChI is InChI=1S/C16H31N3O3.Na/c1-3-4-5-6-7-8-9-10-11-12-14(20)18-16(17)19(2)13-15(21)22;/h3-13H2,1-2H3,(H,21,22)(H2,17,18,20);/q;+1/p-1/i2D3;. The van der Waals surface area contributed by atoms with E-state index in [0.29, 0.717) is 11.3 Å². The van der Waals surface area contributed by atoms with Gasteiger partial charge in [-0.3, -0.25) is 15.5 Å². The Bertz CT molecular complexity index is 435. The molecule has 0 aliphatic rings. The van der Waals surface area contributed by atoms with Crippen LogP contribution < -0.4 is 40.0 Å². The van der Waals surface area contributed by atoms with Crippen molar-refractivity contribution in [2.45, 2.75) is 71.1 Å². The molecule has 0 unspecified atom stereocenters. The maximum absolute atomic E-state index is 11.8. The average Bonchev–Trinajstić information content (AvgIpc) is 2.49. The summed E-state index contributed by atoms with van der Waals surface area (Å²) in [5.41, 5.74) is 0. The molecular formula is C16H30N3NaO3. The van der Waals surface area contributed by atoms with Crippen LogP contribution in [0.25, 0.3) is 0 Å². The van der Waals surface area contributed by atoms with Crippen LogP contribution in [0.2, 0.25) is 0 Å². The molecule has 0 radical (unpaired) electrons. The molecule has 0 aromatic heterocycles. The molecule has 0 aliphatic heterocycles. The minimum Gasteiger partial charge on any atom is -0.548 e. The molecule has 0 fully saturated rings. The second-order valence-corrected chi connectivity index (χ2v) is 5.43. The average molecular weight is 338 g/mol. The predicted molar refractivity (Wildman–Crippen MR) is 85.4 cm³/mol. The van der Waals surface area contributed by atoms with Crippen molar-refractivity contribution in [3.63, 3.8) is 0 Å². The van der Waals surface area contributed by atoms with Crippen molar-refractivity contribution in [2.24, 2.45) is 0 Å². The number of likely N-dealkylation sites (N-methyl/N-ethyl adjacent to an activating group) is 1. The number of rotatable bonds is 12. The van der Waals surface area contributed by atoms with Gasteiger partial charge in [0.15, 0.2) is 5.96 Å². The molecule has 0 saturated heterocycles. The molecule has 128 valence electrons. The van der Waals surface area contributed by atoms with Gasteiger partial charge in [0.2, 0.25) is 5.91 Å². The van der Waals surface area contributed by atoms with E-state index in [0.717, 1.165) is 19.3 Å². The summed E-state index contributed by atoms with van der Waals surface area (Å²) in [4.78, 5) is 22.7. The van der Waals surface area contributed by atoms with Crippen molar-refractivity contribution < 1.29 is 48.4 Å². The molecule has 0 spiro atoms. The number of aliphatic carboxylic acids is 1. The van der Waals surface area contributed by atoms with E-state index in [-0.39, 0.29) is 36.0 Å². The van der Waals surface area contributed by atoms with Crippen LogP contribution in [0.15, 0.2) is 0 Å². The number of carbonyl (C=O) groups is 2. The van der Waals surface area contributed by atoms with Crippen LogP contribution in [0.1, 0.15) is 75.2 Å². The van der Waals surface area contributed by atoms with Crippen molar-refractivity contribution in [1.29, 1.82) is 5.41 Å². The fourth-order valence-electron chi connectivity index (χ4n) is 2.07. The first-order valence-electron chi connectivity index (χ1n) is 9.54. The van der Waals surface area contributed by atoms with Crippen molar-refractivity contribution in [2.75, 3.05) is 13.5 Å². The molecular weight excluding hydrogens is 305 g/mol. The Hall–Kier alpha value is -0.590. The van der Waals surface area contributed by atoms with E-state index in [1.165, 1.54) is 32.1 Å². The number of guanidine groups is 1. The van der Waals surface area contributed by atoms with Crippen molar-refractivity contribution in [1.82, 2.24) is 10.2 Å². The molecule has 0 saturated carbocycles. The van der Waals surface area contributed by atoms with Gasteiger partial charge in [0, 0.05) is 17.5 Å². The zero-order valence-corrected chi connectivity index (χ0v) is 16.5. The molecule has 0 aliphatic carbocycles. The minimum atomic E-state index is -2.83. The number of hydrogen-bond acceptors (Lipinski definition) is 4. The van der Waals surface area contributed by atoms with Crippen LogP contribution in [0, 0.1) is 5.41 Å². The van der Waals surface area contributed by atoms with Crippen molar-refractivity contribution in [3.8, 4) is 0 Å². The topological polar surface area (TPSA) is 96.3 Å². The van der Waals surface area contributed by atoms with E-state index < -0.39 is 31.4 Å². The molecule has 6 nitrogen and oxygen atoms in total. The molecule has 23 heavy (non-hydrogen) atoms. The molecule has 7 heteroatoms. The summed E-state index contributed by atoms with van der Waals surface area (Å²) in [6.07, 6.45) is 10.1. The number of hydrogen-bond donors (Lipinski definition) is 2. The molecule has 0 bridgehead atoms. The maximum Gasteiger partial charge on any atom is 1.00 e. The zero-order chi connectivity index (χ0) is 19.3. The van der Waals surface area contributed by atoms with E-state index in [4.69, 9.17) is 9.52 Å². The van der Waals surface area contributed by atoms with Crippen LogP contribution >= 0.6 is 0 Å². The largest absolute Gasteiger partial charge is 1.00 e. The molecule has 0 aromatic rings. The first kappa shape index (κ1) is 18.7. The molecule has 0 rings (SSSR count). The Morgan fingerprint density at radius 3 is 2.09 bits per heavy atom. The summed E-state index contributed by atoms with van der Waals surface area (Å²) in [6, 6.07) is 0. The Labute approximate surface area is 166 Å². The van der Waals surface area contributed by atoms with Gasteiger partial charge >= 0.3 is 29.6 Å². The third-order valence-electron chi connectivity index (χ3n) is 3.32. The van der Waals surface area contributed by atoms with Gasteiger partial charge in [-0.25, -0.2) is 0 Å². The Balaban J connectivity index is 0.